The van der Waals surface area contributed by atoms with E-state index in [1.807, 2.05) is 11.3 Å². The molecule has 0 saturated heterocycles. The van der Waals surface area contributed by atoms with E-state index in [-0.39, 0.29) is 39.3 Å². The lowest BCUT2D eigenvalue weighted by molar-refractivity contribution is 0.195. The topological polar surface area (TPSA) is 13.0 Å². The molecule has 2 unspecified atom stereocenters. The molecule has 3 aliphatic heterocycles. The van der Waals surface area contributed by atoms with Crippen molar-refractivity contribution in [2.45, 2.75) is 155 Å². The van der Waals surface area contributed by atoms with Crippen LogP contribution in [-0.2, 0) is 27.1 Å². The van der Waals surface area contributed by atoms with Crippen LogP contribution in [0.15, 0.2) is 188 Å². The summed E-state index contributed by atoms with van der Waals surface area (Å²) in [6, 6.07) is 73.6. The Hall–Kier alpha value is -7.54. The van der Waals surface area contributed by atoms with Crippen molar-refractivity contribution in [2.75, 3.05) is 19.6 Å². The minimum Gasteiger partial charge on any atom is -0.335 e. The Labute approximate surface area is 504 Å². The predicted molar refractivity (Wildman–Crippen MR) is 366 cm³/mol. The second-order valence-electron chi connectivity index (χ2n) is 29.4. The third-order valence-electron chi connectivity index (χ3n) is 20.0. The zero-order valence-corrected chi connectivity index (χ0v) is 52.8. The van der Waals surface area contributed by atoms with Gasteiger partial charge in [0.1, 0.15) is 0 Å². The molecule has 0 N–H and O–H groups in total. The first-order valence-corrected chi connectivity index (χ1v) is 31.7. The third-order valence-corrected chi connectivity index (χ3v) is 21.2. The zero-order chi connectivity index (χ0) is 58.6. The highest BCUT2D eigenvalue weighted by atomic mass is 32.1. The maximum Gasteiger partial charge on any atom is 0.252 e. The van der Waals surface area contributed by atoms with E-state index in [0.717, 1.165) is 47.0 Å². The Morgan fingerprint density at radius 3 is 1.44 bits per heavy atom. The summed E-state index contributed by atoms with van der Waals surface area (Å²) in [5.41, 5.74) is 24.0. The minimum absolute atomic E-state index is 0.0117. The van der Waals surface area contributed by atoms with Gasteiger partial charge in [-0.1, -0.05) is 200 Å². The Bertz CT molecular complexity index is 4110. The summed E-state index contributed by atoms with van der Waals surface area (Å²) < 4.78 is 2.60. The van der Waals surface area contributed by atoms with Crippen LogP contribution in [0, 0.1) is 0 Å². The largest absolute Gasteiger partial charge is 0.335 e. The van der Waals surface area contributed by atoms with Gasteiger partial charge in [-0.3, -0.25) is 0 Å². The first kappa shape index (κ1) is 54.4. The monoisotopic (exact) mass is 1120 g/mol. The van der Waals surface area contributed by atoms with Crippen LogP contribution in [0.4, 0.5) is 62.6 Å². The van der Waals surface area contributed by atoms with E-state index in [2.05, 4.69) is 305 Å². The maximum absolute atomic E-state index is 2.89. The van der Waals surface area contributed by atoms with Gasteiger partial charge >= 0.3 is 0 Å². The summed E-state index contributed by atoms with van der Waals surface area (Å²) in [6.45, 7) is 32.9. The quantitative estimate of drug-likeness (QED) is 0.147. The van der Waals surface area contributed by atoms with Gasteiger partial charge < -0.3 is 19.6 Å². The number of benzene rings is 9. The van der Waals surface area contributed by atoms with Crippen molar-refractivity contribution in [3.05, 3.63) is 216 Å². The number of para-hydroxylation sites is 1. The fraction of sp³-hybridized carbons (Fsp3) is 0.308. The van der Waals surface area contributed by atoms with Crippen LogP contribution in [0.5, 0.6) is 0 Å². The highest BCUT2D eigenvalue weighted by Crippen LogP contribution is 2.62. The first-order chi connectivity index (χ1) is 39.9. The SMILES string of the molecule is CC(C)(C)c1ccc(N(c2ccc(C(C)(C)C)cc2)c2ccc3c(c2)B2c4cccc5c4N(c4cc(N(c6ccc(C(C)(C)C)cc6)c6ccc(C(C)(C)C)cc6)cc(c42)N3c2cccc3c2sc2ccccc23)C2(C)CCCCC52C)cc1. The average molecular weight is 1120 g/mol. The number of rotatable bonds is 7. The van der Waals surface area contributed by atoms with Crippen molar-refractivity contribution < 1.29 is 0 Å². The van der Waals surface area contributed by atoms with E-state index in [9.17, 15) is 0 Å². The molecule has 0 amide bonds. The molecule has 0 spiro atoms. The van der Waals surface area contributed by atoms with E-state index >= 15 is 0 Å². The predicted octanol–water partition coefficient (Wildman–Crippen LogP) is 20.5. The molecule has 6 heteroatoms. The summed E-state index contributed by atoms with van der Waals surface area (Å²) in [4.78, 5) is 10.6. The summed E-state index contributed by atoms with van der Waals surface area (Å²) in [5.74, 6) is 0. The van der Waals surface area contributed by atoms with Gasteiger partial charge in [-0.15, -0.1) is 11.3 Å². The summed E-state index contributed by atoms with van der Waals surface area (Å²) >= 11 is 1.92. The average Bonchev–Trinajstić information content (AvgIpc) is 1.44. The number of hydrogen-bond acceptors (Lipinski definition) is 5. The van der Waals surface area contributed by atoms with Gasteiger partial charge in [-0.25, -0.2) is 0 Å². The number of thiophene rings is 1. The van der Waals surface area contributed by atoms with Gasteiger partial charge in [0.25, 0.3) is 6.71 Å². The van der Waals surface area contributed by atoms with E-state index in [0.29, 0.717) is 0 Å². The molecule has 1 saturated carbocycles. The van der Waals surface area contributed by atoms with Crippen LogP contribution in [0.2, 0.25) is 0 Å². The molecule has 0 bridgehead atoms. The molecule has 14 rings (SSSR count). The molecule has 4 nitrogen and oxygen atoms in total. The van der Waals surface area contributed by atoms with Gasteiger partial charge in [0.2, 0.25) is 0 Å². The van der Waals surface area contributed by atoms with Crippen molar-refractivity contribution in [1.82, 2.24) is 0 Å². The van der Waals surface area contributed by atoms with Crippen LogP contribution in [0.25, 0.3) is 20.2 Å². The summed E-state index contributed by atoms with van der Waals surface area (Å²) in [7, 11) is 0. The molecular formula is C78H81BN4S. The van der Waals surface area contributed by atoms with E-state index < -0.39 is 0 Å². The molecule has 2 atom stereocenters. The Balaban J connectivity index is 1.09. The molecule has 1 aliphatic carbocycles. The molecule has 10 aromatic rings. The van der Waals surface area contributed by atoms with Crippen molar-refractivity contribution in [3.8, 4) is 0 Å². The zero-order valence-electron chi connectivity index (χ0n) is 52.0. The molecule has 1 aromatic heterocycles. The van der Waals surface area contributed by atoms with Crippen LogP contribution in [0.3, 0.4) is 0 Å². The van der Waals surface area contributed by atoms with Gasteiger partial charge in [-0.05, 0) is 177 Å². The Kier molecular flexibility index (Phi) is 12.3. The van der Waals surface area contributed by atoms with Crippen molar-refractivity contribution in [3.63, 3.8) is 0 Å². The number of fused-ring (bicyclic) bond motifs is 10. The van der Waals surface area contributed by atoms with Gasteiger partial charge in [0.05, 0.1) is 21.6 Å². The molecule has 422 valence electrons. The molecule has 84 heavy (non-hydrogen) atoms. The molecule has 4 aliphatic rings. The van der Waals surface area contributed by atoms with Crippen molar-refractivity contribution >= 4 is 117 Å². The fourth-order valence-corrected chi connectivity index (χ4v) is 16.2. The van der Waals surface area contributed by atoms with Crippen molar-refractivity contribution in [1.29, 1.82) is 0 Å². The second-order valence-corrected chi connectivity index (χ2v) is 30.5. The highest BCUT2D eigenvalue weighted by molar-refractivity contribution is 7.26. The molecule has 0 radical (unpaired) electrons. The molecular weight excluding hydrogens is 1040 g/mol. The lowest BCUT2D eigenvalue weighted by Crippen LogP contribution is -2.64. The van der Waals surface area contributed by atoms with E-state index in [1.165, 1.54) is 106 Å². The minimum atomic E-state index is -0.164. The van der Waals surface area contributed by atoms with E-state index in [4.69, 9.17) is 0 Å². The Morgan fingerprint density at radius 2 is 0.893 bits per heavy atom. The molecule has 9 aromatic carbocycles. The van der Waals surface area contributed by atoms with Gasteiger partial charge in [-0.2, -0.15) is 0 Å². The normalized spacial score (nSPS) is 18.2. The lowest BCUT2D eigenvalue weighted by atomic mass is 9.33. The third kappa shape index (κ3) is 8.42. The van der Waals surface area contributed by atoms with Crippen LogP contribution in [-0.4, -0.2) is 12.3 Å². The lowest BCUT2D eigenvalue weighted by Gasteiger charge is -2.53. The second kappa shape index (κ2) is 19.0. The van der Waals surface area contributed by atoms with E-state index in [1.54, 1.807) is 0 Å². The Morgan fingerprint density at radius 1 is 0.417 bits per heavy atom. The summed E-state index contributed by atoms with van der Waals surface area (Å²) in [6.07, 6.45) is 4.72. The van der Waals surface area contributed by atoms with Crippen LogP contribution >= 0.6 is 11.3 Å². The standard InChI is InChI=1S/C78H81BN4S/c1-73(2,3)50-27-35-54(36-28-50)80(55-37-29-51(30-38-55)74(4,5)6)58-43-44-65-64(47-58)79-63-24-20-23-62-71(63)83(78(14)46-18-17-45-77(62,78)13)68-49-59(48-67(70(68)79)82(65)66-25-19-22-61-60-21-15-16-26-69(60)84-72(61)66)81(56-39-31-52(32-40-56)75(7,8)9)57-41-33-53(34-42-57)76(10,11)12/h15-16,19-44,47-49H,17-18,45-46H2,1-14H3. The highest BCUT2D eigenvalue weighted by Gasteiger charge is 2.61. The molecule has 1 fully saturated rings. The van der Waals surface area contributed by atoms with Crippen LogP contribution in [0.1, 0.15) is 150 Å². The first-order valence-electron chi connectivity index (χ1n) is 30.9. The maximum atomic E-state index is 2.89. The number of anilines is 11. The fourth-order valence-electron chi connectivity index (χ4n) is 15.0. The summed E-state index contributed by atoms with van der Waals surface area (Å²) in [5, 5.41) is 2.60. The van der Waals surface area contributed by atoms with Gasteiger partial charge in [0.15, 0.2) is 0 Å². The van der Waals surface area contributed by atoms with Crippen molar-refractivity contribution in [2.24, 2.45) is 0 Å². The van der Waals surface area contributed by atoms with Crippen LogP contribution < -0.4 is 36.0 Å². The van der Waals surface area contributed by atoms with Gasteiger partial charge in [0, 0.05) is 72.1 Å². The smallest absolute Gasteiger partial charge is 0.252 e. The number of hydrogen-bond donors (Lipinski definition) is 0. The number of nitrogens with zero attached hydrogens (tertiary/aromatic N) is 4. The molecule has 4 heterocycles.